The van der Waals surface area contributed by atoms with Gasteiger partial charge in [-0.1, -0.05) is 32.0 Å². The van der Waals surface area contributed by atoms with E-state index in [1.807, 2.05) is 44.2 Å². The van der Waals surface area contributed by atoms with Gasteiger partial charge < -0.3 is 15.3 Å². The molecule has 94 valence electrons. The number of para-hydroxylation sites is 1. The number of carbonyl (C=O) groups is 1. The molecule has 2 N–H and O–H groups in total. The predicted octanol–water partition coefficient (Wildman–Crippen LogP) is 1.57. The number of hydrogen-bond acceptors (Lipinski definition) is 3. The first kappa shape index (κ1) is 13.5. The predicted molar refractivity (Wildman–Crippen MR) is 69.4 cm³/mol. The van der Waals surface area contributed by atoms with Crippen molar-refractivity contribution in [2.45, 2.75) is 25.9 Å². The van der Waals surface area contributed by atoms with Crippen LogP contribution in [0, 0.1) is 0 Å². The molecule has 17 heavy (non-hydrogen) atoms. The summed E-state index contributed by atoms with van der Waals surface area (Å²) in [6.07, 6.45) is 0. The van der Waals surface area contributed by atoms with Crippen LogP contribution < -0.4 is 10.2 Å². The maximum absolute atomic E-state index is 11.2. The largest absolute Gasteiger partial charge is 0.480 e. The van der Waals surface area contributed by atoms with Gasteiger partial charge in [-0.3, -0.25) is 0 Å². The second-order valence-corrected chi connectivity index (χ2v) is 4.36. The van der Waals surface area contributed by atoms with Crippen molar-refractivity contribution < 1.29 is 9.90 Å². The zero-order chi connectivity index (χ0) is 12.8. The van der Waals surface area contributed by atoms with Gasteiger partial charge in [0.05, 0.1) is 0 Å². The van der Waals surface area contributed by atoms with Crippen LogP contribution in [0.3, 0.4) is 0 Å². The second kappa shape index (κ2) is 6.25. The Hall–Kier alpha value is -1.55. The fraction of sp³-hybridized carbons (Fsp3) is 0.462. The highest BCUT2D eigenvalue weighted by Gasteiger charge is 2.22. The maximum atomic E-state index is 11.2. The van der Waals surface area contributed by atoms with Crippen LogP contribution in [0.2, 0.25) is 0 Å². The van der Waals surface area contributed by atoms with E-state index in [9.17, 15) is 9.90 Å². The third-order valence-corrected chi connectivity index (χ3v) is 2.64. The molecule has 1 aromatic carbocycles. The van der Waals surface area contributed by atoms with Crippen LogP contribution in [0.25, 0.3) is 0 Å². The highest BCUT2D eigenvalue weighted by Crippen LogP contribution is 2.14. The van der Waals surface area contributed by atoms with E-state index in [2.05, 4.69) is 5.32 Å². The number of anilines is 1. The van der Waals surface area contributed by atoms with E-state index in [-0.39, 0.29) is 6.04 Å². The summed E-state index contributed by atoms with van der Waals surface area (Å²) >= 11 is 0. The lowest BCUT2D eigenvalue weighted by atomic mass is 10.2. The fourth-order valence-corrected chi connectivity index (χ4v) is 1.58. The van der Waals surface area contributed by atoms with Gasteiger partial charge in [-0.15, -0.1) is 0 Å². The summed E-state index contributed by atoms with van der Waals surface area (Å²) in [5.74, 6) is -0.815. The van der Waals surface area contributed by atoms with Gasteiger partial charge in [0.15, 0.2) is 0 Å². The van der Waals surface area contributed by atoms with Crippen molar-refractivity contribution in [2.24, 2.45) is 0 Å². The molecule has 0 spiro atoms. The van der Waals surface area contributed by atoms with Gasteiger partial charge in [0.2, 0.25) is 0 Å². The minimum atomic E-state index is -0.815. The van der Waals surface area contributed by atoms with E-state index >= 15 is 0 Å². The lowest BCUT2D eigenvalue weighted by Crippen LogP contribution is -2.47. The van der Waals surface area contributed by atoms with E-state index in [0.29, 0.717) is 6.54 Å². The third kappa shape index (κ3) is 4.07. The number of carboxylic acids is 1. The molecule has 0 saturated carbocycles. The number of carboxylic acid groups (broad SMARTS) is 1. The average molecular weight is 236 g/mol. The Kier molecular flexibility index (Phi) is 4.97. The Bertz CT molecular complexity index is 352. The zero-order valence-corrected chi connectivity index (χ0v) is 10.6. The summed E-state index contributed by atoms with van der Waals surface area (Å²) < 4.78 is 0. The van der Waals surface area contributed by atoms with E-state index in [4.69, 9.17) is 0 Å². The van der Waals surface area contributed by atoms with Crippen molar-refractivity contribution in [3.63, 3.8) is 0 Å². The van der Waals surface area contributed by atoms with Crippen molar-refractivity contribution in [3.8, 4) is 0 Å². The van der Waals surface area contributed by atoms with Crippen molar-refractivity contribution in [1.29, 1.82) is 0 Å². The van der Waals surface area contributed by atoms with E-state index in [1.165, 1.54) is 0 Å². The van der Waals surface area contributed by atoms with Gasteiger partial charge >= 0.3 is 5.97 Å². The maximum Gasteiger partial charge on any atom is 0.327 e. The van der Waals surface area contributed by atoms with Crippen molar-refractivity contribution in [2.75, 3.05) is 18.5 Å². The Morgan fingerprint density at radius 3 is 2.41 bits per heavy atom. The monoisotopic (exact) mass is 236 g/mol. The van der Waals surface area contributed by atoms with Crippen LogP contribution in [0.1, 0.15) is 13.8 Å². The minimum Gasteiger partial charge on any atom is -0.480 e. The summed E-state index contributed by atoms with van der Waals surface area (Å²) in [6, 6.07) is 9.26. The smallest absolute Gasteiger partial charge is 0.327 e. The normalized spacial score (nSPS) is 12.5. The average Bonchev–Trinajstić information content (AvgIpc) is 2.29. The minimum absolute atomic E-state index is 0.279. The molecule has 0 aliphatic rings. The molecule has 4 heteroatoms. The number of hydrogen-bond donors (Lipinski definition) is 2. The number of benzene rings is 1. The molecule has 0 fully saturated rings. The topological polar surface area (TPSA) is 52.6 Å². The molecule has 0 heterocycles. The summed E-state index contributed by atoms with van der Waals surface area (Å²) in [7, 11) is 1.80. The standard InChI is InChI=1S/C13H20N2O2/c1-10(2)14-9-12(13(16)17)15(3)11-7-5-4-6-8-11/h4-8,10,12,14H,9H2,1-3H3,(H,16,17). The van der Waals surface area contributed by atoms with Crippen molar-refractivity contribution in [3.05, 3.63) is 30.3 Å². The summed E-state index contributed by atoms with van der Waals surface area (Å²) in [5.41, 5.74) is 0.908. The van der Waals surface area contributed by atoms with Crippen LogP contribution in [0.4, 0.5) is 5.69 Å². The van der Waals surface area contributed by atoms with Gasteiger partial charge in [-0.2, -0.15) is 0 Å². The SMILES string of the molecule is CC(C)NCC(C(=O)O)N(C)c1ccccc1. The van der Waals surface area contributed by atoms with Crippen LogP contribution in [0.5, 0.6) is 0 Å². The second-order valence-electron chi connectivity index (χ2n) is 4.36. The molecule has 1 rings (SSSR count). The molecule has 0 saturated heterocycles. The van der Waals surface area contributed by atoms with E-state index < -0.39 is 12.0 Å². The Morgan fingerprint density at radius 1 is 1.35 bits per heavy atom. The van der Waals surface area contributed by atoms with Crippen LogP contribution in [-0.4, -0.2) is 36.8 Å². The first-order valence-electron chi connectivity index (χ1n) is 5.76. The number of rotatable bonds is 6. The molecule has 1 atom stereocenters. The zero-order valence-electron chi connectivity index (χ0n) is 10.6. The molecular formula is C13H20N2O2. The van der Waals surface area contributed by atoms with E-state index in [1.54, 1.807) is 11.9 Å². The molecule has 0 aromatic heterocycles. The summed E-state index contributed by atoms with van der Waals surface area (Å²) in [5, 5.41) is 12.4. The molecule has 0 aliphatic carbocycles. The molecule has 0 bridgehead atoms. The molecule has 0 amide bonds. The van der Waals surface area contributed by atoms with Gasteiger partial charge in [0.1, 0.15) is 6.04 Å². The molecule has 0 radical (unpaired) electrons. The summed E-state index contributed by atoms with van der Waals surface area (Å²) in [4.78, 5) is 13.0. The first-order chi connectivity index (χ1) is 8.02. The molecule has 0 aliphatic heterocycles. The lowest BCUT2D eigenvalue weighted by molar-refractivity contribution is -0.138. The van der Waals surface area contributed by atoms with Crippen molar-refractivity contribution >= 4 is 11.7 Å². The van der Waals surface area contributed by atoms with E-state index in [0.717, 1.165) is 5.69 Å². The van der Waals surface area contributed by atoms with Gasteiger partial charge in [0, 0.05) is 25.3 Å². The summed E-state index contributed by atoms with van der Waals surface area (Å²) in [6.45, 7) is 4.43. The highest BCUT2D eigenvalue weighted by atomic mass is 16.4. The first-order valence-corrected chi connectivity index (χ1v) is 5.76. The third-order valence-electron chi connectivity index (χ3n) is 2.64. The van der Waals surface area contributed by atoms with Gasteiger partial charge in [-0.05, 0) is 12.1 Å². The Balaban J connectivity index is 2.74. The number of likely N-dealkylation sites (N-methyl/N-ethyl adjacent to an activating group) is 1. The van der Waals surface area contributed by atoms with Gasteiger partial charge in [0.25, 0.3) is 0 Å². The Morgan fingerprint density at radius 2 is 1.94 bits per heavy atom. The molecular weight excluding hydrogens is 216 g/mol. The highest BCUT2D eigenvalue weighted by molar-refractivity contribution is 5.78. The number of nitrogens with zero attached hydrogens (tertiary/aromatic N) is 1. The molecule has 1 unspecified atom stereocenters. The lowest BCUT2D eigenvalue weighted by Gasteiger charge is -2.27. The molecule has 1 aromatic rings. The van der Waals surface area contributed by atoms with Crippen LogP contribution >= 0.6 is 0 Å². The van der Waals surface area contributed by atoms with Crippen molar-refractivity contribution in [1.82, 2.24) is 5.32 Å². The fourth-order valence-electron chi connectivity index (χ4n) is 1.58. The molecule has 4 nitrogen and oxygen atoms in total. The Labute approximate surface area is 102 Å². The van der Waals surface area contributed by atoms with Crippen LogP contribution in [-0.2, 0) is 4.79 Å². The van der Waals surface area contributed by atoms with Crippen LogP contribution in [0.15, 0.2) is 30.3 Å². The quantitative estimate of drug-likeness (QED) is 0.787. The number of aliphatic carboxylic acids is 1. The van der Waals surface area contributed by atoms with Gasteiger partial charge in [-0.25, -0.2) is 4.79 Å². The number of nitrogens with one attached hydrogen (secondary N) is 1.